The summed E-state index contributed by atoms with van der Waals surface area (Å²) in [6.07, 6.45) is 11.6. The summed E-state index contributed by atoms with van der Waals surface area (Å²) in [5.74, 6) is -0.0529. The van der Waals surface area contributed by atoms with Gasteiger partial charge in [-0.05, 0) is 69.8 Å². The average Bonchev–Trinajstić information content (AvgIpc) is 3.61. The first kappa shape index (κ1) is 27.5. The molecule has 5 fully saturated rings. The van der Waals surface area contributed by atoms with Gasteiger partial charge in [0.05, 0.1) is 30.9 Å². The molecule has 6 unspecified atom stereocenters. The van der Waals surface area contributed by atoms with Crippen molar-refractivity contribution in [3.63, 3.8) is 0 Å². The first-order chi connectivity index (χ1) is 21.0. The second kappa shape index (κ2) is 10.9. The van der Waals surface area contributed by atoms with Gasteiger partial charge >= 0.3 is 0 Å². The fraction of sp³-hybridized carbons (Fsp3) is 0.613. The third kappa shape index (κ3) is 4.94. The van der Waals surface area contributed by atoms with E-state index in [2.05, 4.69) is 85.8 Å². The smallest absolute Gasteiger partial charge is 0.249 e. The molecule has 6 aliphatic rings. The van der Waals surface area contributed by atoms with Gasteiger partial charge in [-0.25, -0.2) is 0 Å². The molecule has 230 valence electrons. The Morgan fingerprint density at radius 1 is 1.09 bits per heavy atom. The van der Waals surface area contributed by atoms with Crippen LogP contribution in [0.4, 0.5) is 5.69 Å². The van der Waals surface area contributed by atoms with Gasteiger partial charge in [0.15, 0.2) is 0 Å². The molecular formula is C31H43N9O3. The lowest BCUT2D eigenvalue weighted by Crippen LogP contribution is -2.72. The number of rotatable bonds is 5. The Morgan fingerprint density at radius 3 is 2.86 bits per heavy atom. The number of hydrazine groups is 1. The second-order valence-corrected chi connectivity index (χ2v) is 13.0. The van der Waals surface area contributed by atoms with Crippen molar-refractivity contribution in [3.05, 3.63) is 42.6 Å². The van der Waals surface area contributed by atoms with Gasteiger partial charge in [-0.3, -0.25) is 30.5 Å². The van der Waals surface area contributed by atoms with Gasteiger partial charge in [0.1, 0.15) is 19.1 Å². The van der Waals surface area contributed by atoms with E-state index in [1.165, 1.54) is 23.7 Å². The number of allylic oxidation sites excluding steroid dienone is 1. The van der Waals surface area contributed by atoms with Crippen LogP contribution in [0.25, 0.3) is 10.9 Å². The Bertz CT molecular complexity index is 1420. The van der Waals surface area contributed by atoms with Gasteiger partial charge in [-0.1, -0.05) is 12.2 Å². The first-order valence-electron chi connectivity index (χ1n) is 16.0. The van der Waals surface area contributed by atoms with E-state index < -0.39 is 0 Å². The molecule has 2 bridgehead atoms. The highest BCUT2D eigenvalue weighted by Crippen LogP contribution is 2.38. The van der Waals surface area contributed by atoms with Crippen LogP contribution < -0.4 is 26.6 Å². The number of carbonyl (C=O) groups is 2. The number of hydrogen-bond donors (Lipinski definition) is 5. The highest BCUT2D eigenvalue weighted by atomic mass is 16.5. The maximum absolute atomic E-state index is 13.8. The van der Waals surface area contributed by atoms with Crippen molar-refractivity contribution >= 4 is 28.4 Å². The van der Waals surface area contributed by atoms with E-state index in [0.29, 0.717) is 19.6 Å². The third-order valence-corrected chi connectivity index (χ3v) is 10.4. The summed E-state index contributed by atoms with van der Waals surface area (Å²) in [4.78, 5) is 28.6. The number of ether oxygens (including phenoxy) is 1. The molecular weight excluding hydrogens is 546 g/mol. The number of fused-ring (bicyclic) bond motifs is 6. The minimum atomic E-state index is -0.213. The van der Waals surface area contributed by atoms with Crippen LogP contribution >= 0.6 is 0 Å². The normalized spacial score (nSPS) is 34.7. The maximum Gasteiger partial charge on any atom is 0.249 e. The number of carbonyl (C=O) groups excluding carboxylic acids is 2. The number of nitrogens with one attached hydrogen (secondary N) is 5. The highest BCUT2D eigenvalue weighted by Gasteiger charge is 2.53. The number of anilines is 1. The average molecular weight is 590 g/mol. The van der Waals surface area contributed by atoms with Gasteiger partial charge in [0.2, 0.25) is 11.8 Å². The SMILES string of the molecule is CNC1(Cn2ccc3cc(NC4NCC5C(=O)N6C/C=C\CCCN7C(=O)COC8CCC(NC87)N6C5N4)ccc32)CC1. The van der Waals surface area contributed by atoms with Crippen molar-refractivity contribution < 1.29 is 14.3 Å². The molecule has 5 N–H and O–H groups in total. The molecule has 0 spiro atoms. The van der Waals surface area contributed by atoms with Crippen LogP contribution in [0.5, 0.6) is 0 Å². The van der Waals surface area contributed by atoms with E-state index in [1.54, 1.807) is 0 Å². The minimum Gasteiger partial charge on any atom is -0.365 e. The van der Waals surface area contributed by atoms with Gasteiger partial charge in [-0.15, -0.1) is 0 Å². The van der Waals surface area contributed by atoms with Crippen molar-refractivity contribution in [1.82, 2.24) is 40.8 Å². The number of piperidine rings is 1. The van der Waals surface area contributed by atoms with Crippen molar-refractivity contribution in [1.29, 1.82) is 0 Å². The van der Waals surface area contributed by atoms with Crippen molar-refractivity contribution in [3.8, 4) is 0 Å². The Hall–Kier alpha value is -3.00. The number of nitrogens with zero attached hydrogens (tertiary/aromatic N) is 4. The largest absolute Gasteiger partial charge is 0.365 e. The standard InChI is InChI=1S/C31H43N9O3/c1-32-31(11-12-31)19-37-15-10-20-16-21(6-7-23(20)37)34-30-33-17-22-27(36-30)40-25-9-8-24-28(35-25)38(26(41)18-43-24)13-4-2-3-5-14-39(40)29(22)42/h3,5-7,10,15-16,22,24-25,27-28,30,32-36H,2,4,8-9,11-14,17-19H2,1H3/b5-3-. The van der Waals surface area contributed by atoms with Crippen molar-refractivity contribution in [2.24, 2.45) is 5.92 Å². The predicted octanol–water partition coefficient (Wildman–Crippen LogP) is 0.896. The lowest BCUT2D eigenvalue weighted by atomic mass is 9.99. The number of amides is 2. The molecule has 4 saturated heterocycles. The van der Waals surface area contributed by atoms with Crippen LogP contribution in [0, 0.1) is 5.92 Å². The topological polar surface area (TPSA) is 118 Å². The molecule has 5 aliphatic heterocycles. The maximum atomic E-state index is 13.8. The molecule has 1 saturated carbocycles. The molecule has 1 aromatic carbocycles. The van der Waals surface area contributed by atoms with Crippen LogP contribution in [-0.4, -0.2) is 101 Å². The molecule has 1 aromatic heterocycles. The third-order valence-electron chi connectivity index (χ3n) is 10.4. The van der Waals surface area contributed by atoms with E-state index in [4.69, 9.17) is 4.74 Å². The number of morpholine rings is 1. The summed E-state index contributed by atoms with van der Waals surface area (Å²) in [6, 6.07) is 8.72. The van der Waals surface area contributed by atoms with Gasteiger partial charge in [0.25, 0.3) is 0 Å². The molecule has 2 amide bonds. The van der Waals surface area contributed by atoms with E-state index >= 15 is 0 Å². The molecule has 12 nitrogen and oxygen atoms in total. The van der Waals surface area contributed by atoms with Gasteiger partial charge in [-0.2, -0.15) is 5.01 Å². The molecule has 12 heteroatoms. The molecule has 2 aromatic rings. The van der Waals surface area contributed by atoms with Crippen molar-refractivity contribution in [2.75, 3.05) is 38.6 Å². The zero-order chi connectivity index (χ0) is 29.1. The Labute approximate surface area is 252 Å². The Balaban J connectivity index is 1.02. The summed E-state index contributed by atoms with van der Waals surface area (Å²) in [7, 11) is 2.06. The monoisotopic (exact) mass is 589 g/mol. The zero-order valence-corrected chi connectivity index (χ0v) is 24.8. The molecule has 43 heavy (non-hydrogen) atoms. The lowest BCUT2D eigenvalue weighted by molar-refractivity contribution is -0.176. The van der Waals surface area contributed by atoms with Crippen LogP contribution in [0.3, 0.4) is 0 Å². The number of benzene rings is 1. The lowest BCUT2D eigenvalue weighted by Gasteiger charge is -2.50. The van der Waals surface area contributed by atoms with Gasteiger partial charge < -0.3 is 24.8 Å². The molecule has 8 rings (SSSR count). The number of likely N-dealkylation sites (N-methyl/N-ethyl adjacent to an activating group) is 1. The minimum absolute atomic E-state index is 0.0248. The van der Waals surface area contributed by atoms with Crippen LogP contribution in [0.2, 0.25) is 0 Å². The van der Waals surface area contributed by atoms with Crippen molar-refractivity contribution in [2.45, 2.75) is 81.5 Å². The molecule has 6 heterocycles. The summed E-state index contributed by atoms with van der Waals surface area (Å²) < 4.78 is 8.30. The molecule has 6 atom stereocenters. The van der Waals surface area contributed by atoms with Crippen LogP contribution in [-0.2, 0) is 20.9 Å². The summed E-state index contributed by atoms with van der Waals surface area (Å²) in [6.45, 7) is 2.96. The Morgan fingerprint density at radius 2 is 2.00 bits per heavy atom. The van der Waals surface area contributed by atoms with E-state index in [9.17, 15) is 9.59 Å². The number of aromatic nitrogens is 1. The number of hydrogen-bond acceptors (Lipinski definition) is 9. The Kier molecular flexibility index (Phi) is 6.96. The first-order valence-corrected chi connectivity index (χ1v) is 16.0. The summed E-state index contributed by atoms with van der Waals surface area (Å²) >= 11 is 0. The predicted molar refractivity (Wildman–Crippen MR) is 162 cm³/mol. The van der Waals surface area contributed by atoms with E-state index in [1.807, 2.05) is 9.91 Å². The highest BCUT2D eigenvalue weighted by molar-refractivity contribution is 5.84. The summed E-state index contributed by atoms with van der Waals surface area (Å²) in [5.41, 5.74) is 2.50. The molecule has 1 aliphatic carbocycles. The molecule has 0 radical (unpaired) electrons. The fourth-order valence-corrected chi connectivity index (χ4v) is 7.73. The van der Waals surface area contributed by atoms with Gasteiger partial charge in [0, 0.05) is 48.0 Å². The van der Waals surface area contributed by atoms with E-state index in [0.717, 1.165) is 37.9 Å². The zero-order valence-electron chi connectivity index (χ0n) is 24.8. The van der Waals surface area contributed by atoms with Crippen LogP contribution in [0.15, 0.2) is 42.6 Å². The fourth-order valence-electron chi connectivity index (χ4n) is 7.73. The van der Waals surface area contributed by atoms with Crippen LogP contribution in [0.1, 0.15) is 38.5 Å². The van der Waals surface area contributed by atoms with E-state index in [-0.39, 0.29) is 60.8 Å². The quantitative estimate of drug-likeness (QED) is 0.324. The second-order valence-electron chi connectivity index (χ2n) is 13.0. The summed E-state index contributed by atoms with van der Waals surface area (Å²) in [5, 5.41) is 23.4.